The monoisotopic (exact) mass is 400 g/mol. The Labute approximate surface area is 153 Å². The number of hydrogen-bond donors (Lipinski definition) is 0. The molecule has 1 aliphatic heterocycles. The molecule has 0 saturated carbocycles. The van der Waals surface area contributed by atoms with E-state index in [0.29, 0.717) is 21.8 Å². The Bertz CT molecular complexity index is 1120. The molecule has 0 radical (unpaired) electrons. The van der Waals surface area contributed by atoms with Gasteiger partial charge in [0.1, 0.15) is 0 Å². The first kappa shape index (κ1) is 18.3. The van der Waals surface area contributed by atoms with E-state index < -0.39 is 29.4 Å². The number of aromatic nitrogens is 3. The lowest BCUT2D eigenvalue weighted by molar-refractivity contribution is -0.144. The molecule has 0 atom stereocenters. The van der Waals surface area contributed by atoms with E-state index in [4.69, 9.17) is 0 Å². The summed E-state index contributed by atoms with van der Waals surface area (Å²) in [5.74, 6) is -1.77. The normalized spacial score (nSPS) is 14.8. The Morgan fingerprint density at radius 2 is 1.71 bits per heavy atom. The fourth-order valence-corrected chi connectivity index (χ4v) is 3.19. The van der Waals surface area contributed by atoms with Crippen LogP contribution in [0.5, 0.6) is 0 Å². The Kier molecular flexibility index (Phi) is 3.71. The van der Waals surface area contributed by atoms with Crippen molar-refractivity contribution in [3.05, 3.63) is 47.3 Å². The van der Waals surface area contributed by atoms with Crippen molar-refractivity contribution in [3.8, 4) is 11.3 Å². The molecule has 0 aliphatic carbocycles. The highest BCUT2D eigenvalue weighted by molar-refractivity contribution is 6.01. The number of hydrogen-bond acceptors (Lipinski definition) is 3. The summed E-state index contributed by atoms with van der Waals surface area (Å²) in [7, 11) is 1.53. The van der Waals surface area contributed by atoms with Crippen molar-refractivity contribution in [3.63, 3.8) is 0 Å². The minimum absolute atomic E-state index is 0.0117. The molecule has 146 valence electrons. The van der Waals surface area contributed by atoms with Crippen molar-refractivity contribution in [2.75, 3.05) is 11.9 Å². The number of pyridine rings is 1. The quantitative estimate of drug-likeness (QED) is 0.582. The number of carbonyl (C=O) groups excluding carboxylic acids is 1. The fourth-order valence-electron chi connectivity index (χ4n) is 3.19. The first-order valence-corrected chi connectivity index (χ1v) is 7.91. The minimum Gasteiger partial charge on any atom is -0.315 e. The first-order valence-electron chi connectivity index (χ1n) is 7.91. The minimum atomic E-state index is -4.91. The number of benzene rings is 1. The molecule has 0 fully saturated rings. The highest BCUT2D eigenvalue weighted by Gasteiger charge is 2.39. The summed E-state index contributed by atoms with van der Waals surface area (Å²) in [5.41, 5.74) is -1.10. The van der Waals surface area contributed by atoms with E-state index in [1.165, 1.54) is 30.1 Å². The number of anilines is 1. The summed E-state index contributed by atoms with van der Waals surface area (Å²) in [5, 5.41) is 3.26. The molecule has 1 aromatic carbocycles. The average molecular weight is 400 g/mol. The van der Waals surface area contributed by atoms with Gasteiger partial charge in [-0.1, -0.05) is 6.07 Å². The molecule has 0 unspecified atom stereocenters. The molecule has 4 rings (SSSR count). The molecule has 5 nitrogen and oxygen atoms in total. The van der Waals surface area contributed by atoms with Crippen LogP contribution >= 0.6 is 0 Å². The topological polar surface area (TPSA) is 50.5 Å². The van der Waals surface area contributed by atoms with E-state index in [1.54, 1.807) is 0 Å². The molecule has 0 saturated heterocycles. The van der Waals surface area contributed by atoms with Gasteiger partial charge >= 0.3 is 12.4 Å². The largest absolute Gasteiger partial charge is 0.453 e. The Balaban J connectivity index is 2.00. The molecular formula is C17H10F6N4O. The van der Waals surface area contributed by atoms with E-state index >= 15 is 0 Å². The van der Waals surface area contributed by atoms with Gasteiger partial charge in [-0.2, -0.15) is 26.3 Å². The number of amides is 1. The fraction of sp³-hybridized carbons (Fsp3) is 0.235. The van der Waals surface area contributed by atoms with Crippen LogP contribution in [0.15, 0.2) is 30.3 Å². The van der Waals surface area contributed by atoms with Gasteiger partial charge in [0.05, 0.1) is 17.7 Å². The zero-order valence-corrected chi connectivity index (χ0v) is 14.1. The summed E-state index contributed by atoms with van der Waals surface area (Å²) in [4.78, 5) is 16.5. The second-order valence-electron chi connectivity index (χ2n) is 6.27. The third kappa shape index (κ3) is 2.77. The van der Waals surface area contributed by atoms with Crippen LogP contribution in [0.1, 0.15) is 17.0 Å². The van der Waals surface area contributed by atoms with Crippen LogP contribution < -0.4 is 4.90 Å². The van der Waals surface area contributed by atoms with Crippen LogP contribution in [0.4, 0.5) is 32.0 Å². The van der Waals surface area contributed by atoms with E-state index in [1.807, 2.05) is 0 Å². The van der Waals surface area contributed by atoms with Crippen molar-refractivity contribution in [2.24, 2.45) is 0 Å². The van der Waals surface area contributed by atoms with Gasteiger partial charge in [0.25, 0.3) is 5.82 Å². The van der Waals surface area contributed by atoms with Gasteiger partial charge < -0.3 is 4.90 Å². The lowest BCUT2D eigenvalue weighted by Gasteiger charge is -2.15. The maximum atomic E-state index is 13.6. The number of rotatable bonds is 1. The third-order valence-electron chi connectivity index (χ3n) is 4.49. The molecule has 1 aliphatic rings. The van der Waals surface area contributed by atoms with Crippen molar-refractivity contribution in [1.82, 2.24) is 14.6 Å². The Hall–Kier alpha value is -3.11. The lowest BCUT2D eigenvalue weighted by atomic mass is 10.0. The van der Waals surface area contributed by atoms with Crippen molar-refractivity contribution >= 4 is 17.2 Å². The number of halogens is 6. The molecule has 0 N–H and O–H groups in total. The van der Waals surface area contributed by atoms with E-state index in [0.717, 1.165) is 6.07 Å². The van der Waals surface area contributed by atoms with Crippen LogP contribution in [0, 0.1) is 0 Å². The molecule has 28 heavy (non-hydrogen) atoms. The van der Waals surface area contributed by atoms with Gasteiger partial charge in [-0.15, -0.1) is 5.10 Å². The van der Waals surface area contributed by atoms with E-state index in [9.17, 15) is 31.1 Å². The van der Waals surface area contributed by atoms with Crippen LogP contribution in [-0.2, 0) is 23.6 Å². The number of alkyl halides is 6. The number of fused-ring (bicyclic) bond motifs is 2. The second kappa shape index (κ2) is 5.69. The molecule has 3 heterocycles. The first-order chi connectivity index (χ1) is 13.0. The van der Waals surface area contributed by atoms with Crippen molar-refractivity contribution < 1.29 is 31.1 Å². The smallest absolute Gasteiger partial charge is 0.315 e. The number of likely N-dealkylation sites (N-methyl/N-ethyl adjacent to an activating group) is 1. The van der Waals surface area contributed by atoms with Gasteiger partial charge in [0.15, 0.2) is 5.65 Å². The summed E-state index contributed by atoms with van der Waals surface area (Å²) in [6, 6.07) is 5.63. The van der Waals surface area contributed by atoms with Crippen LogP contribution in [0.3, 0.4) is 0 Å². The summed E-state index contributed by atoms with van der Waals surface area (Å²) in [6.45, 7) is 0. The van der Waals surface area contributed by atoms with Crippen molar-refractivity contribution in [2.45, 2.75) is 18.8 Å². The second-order valence-corrected chi connectivity index (χ2v) is 6.27. The zero-order chi connectivity index (χ0) is 20.4. The molecule has 1 amide bonds. The SMILES string of the molecule is CN1C(=O)Cc2cc(-c3c(C(F)(F)F)ccc4nc(C(F)(F)F)nn34)ccc21. The molecule has 2 aromatic heterocycles. The van der Waals surface area contributed by atoms with Gasteiger partial charge in [0, 0.05) is 18.3 Å². The molecule has 3 aromatic rings. The maximum Gasteiger partial charge on any atom is 0.453 e. The zero-order valence-electron chi connectivity index (χ0n) is 14.1. The predicted octanol–water partition coefficient (Wildman–Crippen LogP) is 3.95. The number of nitrogens with zero attached hydrogens (tertiary/aromatic N) is 4. The average Bonchev–Trinajstić information content (AvgIpc) is 3.14. The van der Waals surface area contributed by atoms with Gasteiger partial charge in [-0.25, -0.2) is 9.50 Å². The molecule has 0 bridgehead atoms. The van der Waals surface area contributed by atoms with Crippen molar-refractivity contribution in [1.29, 1.82) is 0 Å². The highest BCUT2D eigenvalue weighted by Crippen LogP contribution is 2.40. The van der Waals surface area contributed by atoms with Gasteiger partial charge in [-0.3, -0.25) is 4.79 Å². The lowest BCUT2D eigenvalue weighted by Crippen LogP contribution is -2.20. The highest BCUT2D eigenvalue weighted by atomic mass is 19.4. The van der Waals surface area contributed by atoms with E-state index in [-0.39, 0.29) is 23.5 Å². The summed E-state index contributed by atoms with van der Waals surface area (Å²) in [6.07, 6.45) is -9.75. The Morgan fingerprint density at radius 1 is 1.00 bits per heavy atom. The number of carbonyl (C=O) groups is 1. The molecular weight excluding hydrogens is 390 g/mol. The van der Waals surface area contributed by atoms with Gasteiger partial charge in [0.2, 0.25) is 5.91 Å². The van der Waals surface area contributed by atoms with Crippen LogP contribution in [0.25, 0.3) is 16.9 Å². The molecule has 0 spiro atoms. The summed E-state index contributed by atoms with van der Waals surface area (Å²) >= 11 is 0. The maximum absolute atomic E-state index is 13.6. The molecule has 11 heteroatoms. The third-order valence-corrected chi connectivity index (χ3v) is 4.49. The van der Waals surface area contributed by atoms with Crippen LogP contribution in [-0.4, -0.2) is 27.6 Å². The van der Waals surface area contributed by atoms with Crippen LogP contribution in [0.2, 0.25) is 0 Å². The van der Waals surface area contributed by atoms with Gasteiger partial charge in [-0.05, 0) is 29.8 Å². The Morgan fingerprint density at radius 3 is 2.36 bits per heavy atom. The standard InChI is InChI=1S/C17H10F6N4O/c1-26-11-4-2-8(6-9(11)7-13(26)28)14-10(16(18,19)20)3-5-12-24-15(17(21,22)23)25-27(12)14/h2-6H,7H2,1H3. The van der Waals surface area contributed by atoms with E-state index in [2.05, 4.69) is 10.1 Å². The predicted molar refractivity (Wildman–Crippen MR) is 85.5 cm³/mol. The summed E-state index contributed by atoms with van der Waals surface area (Å²) < 4.78 is 80.1.